The molecule has 0 spiro atoms. The molecule has 0 saturated heterocycles. The van der Waals surface area contributed by atoms with E-state index in [1.54, 1.807) is 27.7 Å². The van der Waals surface area contributed by atoms with E-state index in [0.29, 0.717) is 32.3 Å². The van der Waals surface area contributed by atoms with Gasteiger partial charge in [-0.25, -0.2) is 0 Å². The van der Waals surface area contributed by atoms with Gasteiger partial charge in [0.25, 0.3) is 0 Å². The van der Waals surface area contributed by atoms with Crippen molar-refractivity contribution in [2.45, 2.75) is 27.7 Å². The van der Waals surface area contributed by atoms with E-state index in [0.717, 1.165) is 0 Å². The Hall–Kier alpha value is -1.48. The summed E-state index contributed by atoms with van der Waals surface area (Å²) in [7, 11) is -8.94. The summed E-state index contributed by atoms with van der Waals surface area (Å²) in [4.78, 5) is 0. The summed E-state index contributed by atoms with van der Waals surface area (Å²) < 4.78 is 58.4. The molecule has 0 atom stereocenters. The van der Waals surface area contributed by atoms with E-state index < -0.39 is 25.3 Å². The van der Waals surface area contributed by atoms with E-state index >= 15 is 0 Å². The SMILES string of the molecule is Cc1cc(OS(=O)(=O)CS(=O)(=O)Oc2cc(C)c(Cl)c(C)c2)cc(C)c1Cl. The fraction of sp³-hybridized carbons (Fsp3) is 0.294. The summed E-state index contributed by atoms with van der Waals surface area (Å²) in [6.07, 6.45) is 0. The Bertz CT molecular complexity index is 959. The second-order valence-electron chi connectivity index (χ2n) is 6.14. The van der Waals surface area contributed by atoms with Gasteiger partial charge in [0.2, 0.25) is 5.08 Å². The lowest BCUT2D eigenvalue weighted by molar-refractivity contribution is 0.474. The number of aryl methyl sites for hydroxylation is 4. The molecule has 2 aromatic carbocycles. The Balaban J connectivity index is 2.21. The maximum absolute atomic E-state index is 12.2. The molecule has 0 unspecified atom stereocenters. The average Bonchev–Trinajstić information content (AvgIpc) is 2.47. The highest BCUT2D eigenvalue weighted by atomic mass is 35.5. The first-order valence-corrected chi connectivity index (χ1v) is 11.6. The van der Waals surface area contributed by atoms with Crippen LogP contribution in [0, 0.1) is 27.7 Å². The molecule has 0 N–H and O–H groups in total. The van der Waals surface area contributed by atoms with E-state index in [-0.39, 0.29) is 11.5 Å². The maximum Gasteiger partial charge on any atom is 0.327 e. The third-order valence-corrected chi connectivity index (χ3v) is 7.95. The molecule has 0 aromatic heterocycles. The van der Waals surface area contributed by atoms with Gasteiger partial charge in [-0.1, -0.05) is 23.2 Å². The first-order valence-electron chi connectivity index (χ1n) is 7.67. The number of benzene rings is 2. The van der Waals surface area contributed by atoms with Gasteiger partial charge in [-0.05, 0) is 74.2 Å². The van der Waals surface area contributed by atoms with E-state index in [1.165, 1.54) is 24.3 Å². The van der Waals surface area contributed by atoms with Gasteiger partial charge in [0, 0.05) is 10.0 Å². The zero-order chi connectivity index (χ0) is 20.6. The van der Waals surface area contributed by atoms with E-state index in [4.69, 9.17) is 31.6 Å². The predicted octanol–water partition coefficient (Wildman–Crippen LogP) is 4.30. The standard InChI is InChI=1S/C17H18Cl2O6S2/c1-10-5-14(6-11(2)16(10)18)24-26(20,21)9-27(22,23)25-15-7-12(3)17(19)13(4)8-15/h5-8H,9H2,1-4H3. The van der Waals surface area contributed by atoms with Crippen molar-refractivity contribution < 1.29 is 25.2 Å². The smallest absolute Gasteiger partial charge is 0.327 e. The third-order valence-electron chi connectivity index (χ3n) is 3.55. The predicted molar refractivity (Wildman–Crippen MR) is 106 cm³/mol. The van der Waals surface area contributed by atoms with Crippen LogP contribution in [0.3, 0.4) is 0 Å². The van der Waals surface area contributed by atoms with Gasteiger partial charge >= 0.3 is 20.2 Å². The van der Waals surface area contributed by atoms with Crippen LogP contribution in [0.15, 0.2) is 24.3 Å². The van der Waals surface area contributed by atoms with Crippen LogP contribution >= 0.6 is 23.2 Å². The van der Waals surface area contributed by atoms with Crippen molar-refractivity contribution in [2.75, 3.05) is 5.08 Å². The summed E-state index contributed by atoms with van der Waals surface area (Å²) in [5.74, 6) is -0.0504. The Morgan fingerprint density at radius 2 is 0.926 bits per heavy atom. The Labute approximate surface area is 169 Å². The molecule has 10 heteroatoms. The van der Waals surface area contributed by atoms with Crippen LogP contribution in [0.25, 0.3) is 0 Å². The fourth-order valence-corrected chi connectivity index (χ4v) is 5.22. The van der Waals surface area contributed by atoms with Crippen molar-refractivity contribution in [1.82, 2.24) is 0 Å². The molecule has 2 aromatic rings. The van der Waals surface area contributed by atoms with Gasteiger partial charge in [-0.15, -0.1) is 0 Å². The average molecular weight is 453 g/mol. The minimum absolute atomic E-state index is 0.0252. The summed E-state index contributed by atoms with van der Waals surface area (Å²) >= 11 is 12.0. The number of hydrogen-bond acceptors (Lipinski definition) is 6. The quantitative estimate of drug-likeness (QED) is 0.606. The van der Waals surface area contributed by atoms with E-state index in [2.05, 4.69) is 0 Å². The molecule has 0 radical (unpaired) electrons. The van der Waals surface area contributed by atoms with Gasteiger partial charge in [0.1, 0.15) is 11.5 Å². The molecule has 148 valence electrons. The molecule has 2 rings (SSSR count). The lowest BCUT2D eigenvalue weighted by Crippen LogP contribution is -2.24. The number of halogens is 2. The summed E-state index contributed by atoms with van der Waals surface area (Å²) in [5.41, 5.74) is 2.42. The molecule has 27 heavy (non-hydrogen) atoms. The molecule has 0 bridgehead atoms. The first kappa shape index (κ1) is 21.8. The van der Waals surface area contributed by atoms with Crippen molar-refractivity contribution in [3.8, 4) is 11.5 Å². The van der Waals surface area contributed by atoms with E-state index in [9.17, 15) is 16.8 Å². The highest BCUT2D eigenvalue weighted by molar-refractivity contribution is 8.04. The lowest BCUT2D eigenvalue weighted by Gasteiger charge is -2.12. The number of rotatable bonds is 6. The summed E-state index contributed by atoms with van der Waals surface area (Å²) in [6, 6.07) is 5.64. The molecule has 6 nitrogen and oxygen atoms in total. The summed E-state index contributed by atoms with van der Waals surface area (Å²) in [5, 5.41) is -0.394. The van der Waals surface area contributed by atoms with Gasteiger partial charge < -0.3 is 8.37 Å². The highest BCUT2D eigenvalue weighted by Crippen LogP contribution is 2.28. The Kier molecular flexibility index (Phi) is 6.36. The van der Waals surface area contributed by atoms with Crippen LogP contribution in [0.5, 0.6) is 11.5 Å². The minimum Gasteiger partial charge on any atom is -0.382 e. The minimum atomic E-state index is -4.47. The lowest BCUT2D eigenvalue weighted by atomic mass is 10.1. The molecule has 0 fully saturated rings. The monoisotopic (exact) mass is 452 g/mol. The van der Waals surface area contributed by atoms with Gasteiger partial charge in [0.05, 0.1) is 0 Å². The van der Waals surface area contributed by atoms with Crippen molar-refractivity contribution in [3.63, 3.8) is 0 Å². The number of hydrogen-bond donors (Lipinski definition) is 0. The zero-order valence-electron chi connectivity index (χ0n) is 15.0. The normalized spacial score (nSPS) is 12.1. The van der Waals surface area contributed by atoms with E-state index in [1.807, 2.05) is 0 Å². The Morgan fingerprint density at radius 1 is 0.667 bits per heavy atom. The highest BCUT2D eigenvalue weighted by Gasteiger charge is 2.27. The van der Waals surface area contributed by atoms with Crippen molar-refractivity contribution in [2.24, 2.45) is 0 Å². The van der Waals surface area contributed by atoms with Crippen LogP contribution in [-0.2, 0) is 20.2 Å². The van der Waals surface area contributed by atoms with Crippen LogP contribution in [0.4, 0.5) is 0 Å². The maximum atomic E-state index is 12.2. The zero-order valence-corrected chi connectivity index (χ0v) is 18.2. The van der Waals surface area contributed by atoms with Gasteiger partial charge in [-0.2, -0.15) is 16.8 Å². The largest absolute Gasteiger partial charge is 0.382 e. The van der Waals surface area contributed by atoms with Gasteiger partial charge in [0.15, 0.2) is 0 Å². The van der Waals surface area contributed by atoms with Crippen LogP contribution < -0.4 is 8.37 Å². The summed E-state index contributed by atoms with van der Waals surface area (Å²) in [6.45, 7) is 6.72. The first-order chi connectivity index (χ1) is 12.3. The van der Waals surface area contributed by atoms with Crippen LogP contribution in [0.1, 0.15) is 22.3 Å². The molecular formula is C17H18Cl2O6S2. The molecular weight excluding hydrogens is 435 g/mol. The molecule has 0 saturated carbocycles. The van der Waals surface area contributed by atoms with Crippen molar-refractivity contribution >= 4 is 43.4 Å². The van der Waals surface area contributed by atoms with Crippen molar-refractivity contribution in [1.29, 1.82) is 0 Å². The topological polar surface area (TPSA) is 86.7 Å². The molecule has 0 amide bonds. The third kappa shape index (κ3) is 5.75. The second kappa shape index (κ2) is 7.87. The molecule has 0 aliphatic heterocycles. The van der Waals surface area contributed by atoms with Crippen LogP contribution in [0.2, 0.25) is 10.0 Å². The molecule has 0 heterocycles. The Morgan fingerprint density at radius 3 is 1.19 bits per heavy atom. The van der Waals surface area contributed by atoms with Gasteiger partial charge in [-0.3, -0.25) is 0 Å². The molecule has 0 aliphatic rings. The molecule has 0 aliphatic carbocycles. The fourth-order valence-electron chi connectivity index (χ4n) is 2.43. The van der Waals surface area contributed by atoms with Crippen molar-refractivity contribution in [3.05, 3.63) is 56.6 Å². The van der Waals surface area contributed by atoms with Crippen LogP contribution in [-0.4, -0.2) is 21.9 Å². The second-order valence-corrected chi connectivity index (χ2v) is 10.4.